The molecule has 0 saturated heterocycles. The first-order chi connectivity index (χ1) is 6.29. The summed E-state index contributed by atoms with van der Waals surface area (Å²) in [6.45, 7) is 1.18. The van der Waals surface area contributed by atoms with E-state index in [1.165, 1.54) is 0 Å². The van der Waals surface area contributed by atoms with E-state index in [4.69, 9.17) is 5.73 Å². The maximum Gasteiger partial charge on any atom is 0.280 e. The topological polar surface area (TPSA) is 85.2 Å². The van der Waals surface area contributed by atoms with Crippen LogP contribution in [-0.4, -0.2) is 34.2 Å². The first kappa shape index (κ1) is 7.78. The van der Waals surface area contributed by atoms with Gasteiger partial charge in [0.25, 0.3) is 5.91 Å². The third kappa shape index (κ3) is 1.26. The number of nitrogen functional groups attached to an aromatic ring is 1. The minimum atomic E-state index is -0.247. The van der Waals surface area contributed by atoms with Crippen LogP contribution in [-0.2, 0) is 0 Å². The van der Waals surface area contributed by atoms with Crippen LogP contribution < -0.4 is 5.73 Å². The van der Waals surface area contributed by atoms with Crippen LogP contribution in [0.15, 0.2) is 16.8 Å². The van der Waals surface area contributed by atoms with Gasteiger partial charge in [-0.2, -0.15) is 0 Å². The van der Waals surface area contributed by atoms with Crippen LogP contribution in [0.1, 0.15) is 10.5 Å². The lowest BCUT2D eigenvalue weighted by atomic mass is 10.4. The molecule has 0 radical (unpaired) electrons. The number of aromatic nitrogens is 2. The first-order valence-electron chi connectivity index (χ1n) is 3.81. The molecule has 0 saturated carbocycles. The zero-order chi connectivity index (χ0) is 9.26. The summed E-state index contributed by atoms with van der Waals surface area (Å²) in [4.78, 5) is 13.2. The van der Waals surface area contributed by atoms with Gasteiger partial charge in [0.2, 0.25) is 11.5 Å². The van der Waals surface area contributed by atoms with Crippen LogP contribution in [0.3, 0.4) is 0 Å². The zero-order valence-corrected chi connectivity index (χ0v) is 6.80. The average Bonchev–Trinajstić information content (AvgIpc) is 2.72. The predicted molar refractivity (Wildman–Crippen MR) is 43.8 cm³/mol. The molecule has 13 heavy (non-hydrogen) atoms. The van der Waals surface area contributed by atoms with Gasteiger partial charge in [-0.3, -0.25) is 4.79 Å². The lowest BCUT2D eigenvalue weighted by Crippen LogP contribution is -2.29. The van der Waals surface area contributed by atoms with E-state index in [1.54, 1.807) is 4.90 Å². The Bertz CT molecular complexity index is 349. The van der Waals surface area contributed by atoms with E-state index in [1.807, 2.05) is 12.2 Å². The fraction of sp³-hybridized carbons (Fsp3) is 0.286. The molecule has 0 aliphatic carbocycles. The molecule has 2 N–H and O–H groups in total. The smallest absolute Gasteiger partial charge is 0.280 e. The van der Waals surface area contributed by atoms with Gasteiger partial charge in [-0.15, -0.1) is 0 Å². The molecular formula is C7H8N4O2. The maximum atomic E-state index is 11.6. The highest BCUT2D eigenvalue weighted by molar-refractivity contribution is 5.96. The van der Waals surface area contributed by atoms with Crippen molar-refractivity contribution in [2.45, 2.75) is 0 Å². The van der Waals surface area contributed by atoms with E-state index in [9.17, 15) is 4.79 Å². The number of amides is 1. The number of carbonyl (C=O) groups is 1. The van der Waals surface area contributed by atoms with E-state index in [-0.39, 0.29) is 17.4 Å². The van der Waals surface area contributed by atoms with Crippen molar-refractivity contribution in [1.82, 2.24) is 15.2 Å². The number of carbonyl (C=O) groups excluding carboxylic acids is 1. The molecule has 0 atom stereocenters. The minimum Gasteiger partial charge on any atom is -0.379 e. The number of nitrogens with two attached hydrogens (primary N) is 1. The van der Waals surface area contributed by atoms with Gasteiger partial charge < -0.3 is 10.6 Å². The molecule has 0 spiro atoms. The second-order valence-electron chi connectivity index (χ2n) is 2.68. The fourth-order valence-electron chi connectivity index (χ4n) is 1.14. The Morgan fingerprint density at radius 1 is 1.46 bits per heavy atom. The summed E-state index contributed by atoms with van der Waals surface area (Å²) >= 11 is 0. The lowest BCUT2D eigenvalue weighted by molar-refractivity contribution is 0.0789. The Morgan fingerprint density at radius 3 is 2.69 bits per heavy atom. The van der Waals surface area contributed by atoms with Gasteiger partial charge in [0, 0.05) is 13.1 Å². The SMILES string of the molecule is Nc1nonc1C(=O)N1CC=CC1. The highest BCUT2D eigenvalue weighted by Gasteiger charge is 2.22. The summed E-state index contributed by atoms with van der Waals surface area (Å²) in [7, 11) is 0. The van der Waals surface area contributed by atoms with Crippen LogP contribution in [0.5, 0.6) is 0 Å². The van der Waals surface area contributed by atoms with Crippen molar-refractivity contribution in [3.8, 4) is 0 Å². The molecule has 1 aliphatic rings. The van der Waals surface area contributed by atoms with Crippen molar-refractivity contribution in [2.75, 3.05) is 18.8 Å². The molecule has 0 bridgehead atoms. The molecule has 1 aromatic rings. The summed E-state index contributed by atoms with van der Waals surface area (Å²) in [6.07, 6.45) is 3.81. The molecule has 2 heterocycles. The Labute approximate surface area is 74.0 Å². The summed E-state index contributed by atoms with van der Waals surface area (Å²) < 4.78 is 4.33. The largest absolute Gasteiger partial charge is 0.379 e. The predicted octanol–water partition coefficient (Wildman–Crippen LogP) is -0.336. The van der Waals surface area contributed by atoms with Crippen molar-refractivity contribution >= 4 is 11.7 Å². The molecule has 6 heteroatoms. The summed E-state index contributed by atoms with van der Waals surface area (Å²) in [5.41, 5.74) is 5.46. The van der Waals surface area contributed by atoms with Crippen molar-refractivity contribution in [3.05, 3.63) is 17.8 Å². The van der Waals surface area contributed by atoms with Gasteiger partial charge in [0.1, 0.15) is 0 Å². The molecule has 68 valence electrons. The van der Waals surface area contributed by atoms with E-state index in [0.717, 1.165) is 0 Å². The second-order valence-corrected chi connectivity index (χ2v) is 2.68. The minimum absolute atomic E-state index is 0.0388. The van der Waals surface area contributed by atoms with Gasteiger partial charge in [-0.05, 0) is 10.3 Å². The zero-order valence-electron chi connectivity index (χ0n) is 6.80. The van der Waals surface area contributed by atoms with Crippen molar-refractivity contribution < 1.29 is 9.42 Å². The van der Waals surface area contributed by atoms with Crippen LogP contribution in [0.4, 0.5) is 5.82 Å². The Kier molecular flexibility index (Phi) is 1.73. The van der Waals surface area contributed by atoms with Crippen LogP contribution in [0.2, 0.25) is 0 Å². The number of nitrogens with zero attached hydrogens (tertiary/aromatic N) is 3. The first-order valence-corrected chi connectivity index (χ1v) is 3.81. The van der Waals surface area contributed by atoms with Gasteiger partial charge in [-0.25, -0.2) is 4.63 Å². The molecule has 6 nitrogen and oxygen atoms in total. The van der Waals surface area contributed by atoms with E-state index >= 15 is 0 Å². The van der Waals surface area contributed by atoms with Gasteiger partial charge in [-0.1, -0.05) is 12.2 Å². The molecule has 2 rings (SSSR count). The van der Waals surface area contributed by atoms with Crippen LogP contribution >= 0.6 is 0 Å². The van der Waals surface area contributed by atoms with E-state index in [2.05, 4.69) is 14.9 Å². The third-order valence-electron chi connectivity index (χ3n) is 1.82. The summed E-state index contributed by atoms with van der Waals surface area (Å²) in [5, 5.41) is 6.76. The fourth-order valence-corrected chi connectivity index (χ4v) is 1.14. The normalized spacial score (nSPS) is 15.2. The van der Waals surface area contributed by atoms with Crippen molar-refractivity contribution in [1.29, 1.82) is 0 Å². The lowest BCUT2D eigenvalue weighted by Gasteiger charge is -2.12. The van der Waals surface area contributed by atoms with Crippen molar-refractivity contribution in [2.24, 2.45) is 0 Å². The highest BCUT2D eigenvalue weighted by atomic mass is 16.6. The average molecular weight is 180 g/mol. The molecule has 1 amide bonds. The number of rotatable bonds is 1. The van der Waals surface area contributed by atoms with Crippen LogP contribution in [0, 0.1) is 0 Å². The number of hydrogen-bond donors (Lipinski definition) is 1. The number of hydrogen-bond acceptors (Lipinski definition) is 5. The monoisotopic (exact) mass is 180 g/mol. The van der Waals surface area contributed by atoms with Crippen molar-refractivity contribution in [3.63, 3.8) is 0 Å². The number of anilines is 1. The third-order valence-corrected chi connectivity index (χ3v) is 1.82. The molecule has 0 fully saturated rings. The summed E-state index contributed by atoms with van der Waals surface area (Å²) in [6, 6.07) is 0. The highest BCUT2D eigenvalue weighted by Crippen LogP contribution is 2.10. The van der Waals surface area contributed by atoms with E-state index < -0.39 is 0 Å². The molecule has 1 aliphatic heterocycles. The summed E-state index contributed by atoms with van der Waals surface area (Å²) in [5.74, 6) is -0.208. The molecule has 0 unspecified atom stereocenters. The Morgan fingerprint density at radius 2 is 2.15 bits per heavy atom. The standard InChI is InChI=1S/C7H8N4O2/c8-6-5(9-13-10-6)7(12)11-3-1-2-4-11/h1-2H,3-4H2,(H2,8,10). The van der Waals surface area contributed by atoms with Gasteiger partial charge in [0.15, 0.2) is 0 Å². The quantitative estimate of drug-likeness (QED) is 0.598. The Hall–Kier alpha value is -1.85. The second kappa shape index (κ2) is 2.89. The molecular weight excluding hydrogens is 172 g/mol. The molecule has 1 aromatic heterocycles. The van der Waals surface area contributed by atoms with Gasteiger partial charge in [0.05, 0.1) is 0 Å². The Balaban J connectivity index is 2.18. The van der Waals surface area contributed by atoms with E-state index in [0.29, 0.717) is 13.1 Å². The molecule has 0 aromatic carbocycles. The van der Waals surface area contributed by atoms with Crippen LogP contribution in [0.25, 0.3) is 0 Å². The maximum absolute atomic E-state index is 11.6. The van der Waals surface area contributed by atoms with Gasteiger partial charge >= 0.3 is 0 Å².